The lowest BCUT2D eigenvalue weighted by molar-refractivity contribution is 0.585. The number of nitrogens with one attached hydrogen (secondary N) is 3. The van der Waals surface area contributed by atoms with Crippen LogP contribution in [-0.4, -0.2) is 36.5 Å². The Morgan fingerprint density at radius 3 is 2.58 bits per heavy atom. The third-order valence-electron chi connectivity index (χ3n) is 3.29. The van der Waals surface area contributed by atoms with Gasteiger partial charge in [-0.25, -0.2) is 28.1 Å². The third-order valence-corrected chi connectivity index (χ3v) is 6.25. The monoisotopic (exact) mass is 390 g/mol. The summed E-state index contributed by atoms with van der Waals surface area (Å²) in [6.45, 7) is 2.51. The number of thiophene rings is 1. The van der Waals surface area contributed by atoms with Crippen LogP contribution in [0.4, 0.5) is 17.5 Å². The largest absolute Gasteiger partial charge is 0.369 e. The molecule has 0 bridgehead atoms. The van der Waals surface area contributed by atoms with E-state index in [2.05, 4.69) is 30.3 Å². The van der Waals surface area contributed by atoms with E-state index in [1.54, 1.807) is 24.4 Å². The van der Waals surface area contributed by atoms with E-state index in [0.29, 0.717) is 28.2 Å². The van der Waals surface area contributed by atoms with Gasteiger partial charge in [0.1, 0.15) is 28.0 Å². The molecule has 136 valence electrons. The average molecular weight is 390 g/mol. The number of hydrogen-bond donors (Lipinski definition) is 3. The van der Waals surface area contributed by atoms with E-state index in [1.165, 1.54) is 17.7 Å². The maximum absolute atomic E-state index is 12.1. The molecule has 3 rings (SSSR count). The zero-order valence-corrected chi connectivity index (χ0v) is 15.6. The van der Waals surface area contributed by atoms with E-state index >= 15 is 0 Å². The highest BCUT2D eigenvalue weighted by Gasteiger charge is 2.15. The molecule has 0 unspecified atom stereocenters. The van der Waals surface area contributed by atoms with Crippen LogP contribution in [0.5, 0.6) is 0 Å². The maximum Gasteiger partial charge on any atom is 0.250 e. The van der Waals surface area contributed by atoms with Gasteiger partial charge in [0.25, 0.3) is 0 Å². The number of aryl methyl sites for hydroxylation is 1. The average Bonchev–Trinajstić information content (AvgIpc) is 3.08. The van der Waals surface area contributed by atoms with Gasteiger partial charge in [-0.05, 0) is 31.2 Å². The van der Waals surface area contributed by atoms with Gasteiger partial charge in [0.05, 0.1) is 0 Å². The van der Waals surface area contributed by atoms with Crippen LogP contribution in [0, 0.1) is 6.92 Å². The Labute approximate surface area is 155 Å². The highest BCUT2D eigenvalue weighted by Crippen LogP contribution is 2.20. The first-order valence-electron chi connectivity index (χ1n) is 7.83. The van der Waals surface area contributed by atoms with Crippen LogP contribution >= 0.6 is 11.3 Å². The summed E-state index contributed by atoms with van der Waals surface area (Å²) in [5.74, 6) is 1.86. The zero-order valence-electron chi connectivity index (χ0n) is 14.0. The summed E-state index contributed by atoms with van der Waals surface area (Å²) in [6, 6.07) is 10.7. The first-order chi connectivity index (χ1) is 12.5. The normalized spacial score (nSPS) is 11.3. The summed E-state index contributed by atoms with van der Waals surface area (Å²) >= 11 is 1.25. The van der Waals surface area contributed by atoms with E-state index < -0.39 is 10.0 Å². The maximum atomic E-state index is 12.1. The van der Waals surface area contributed by atoms with Crippen molar-refractivity contribution in [2.45, 2.75) is 11.1 Å². The summed E-state index contributed by atoms with van der Waals surface area (Å²) in [6.07, 6.45) is 3.11. The molecular weight excluding hydrogens is 372 g/mol. The second-order valence-corrected chi connectivity index (χ2v) is 8.60. The number of anilines is 3. The minimum absolute atomic E-state index is 0.242. The van der Waals surface area contributed by atoms with Crippen LogP contribution in [0.1, 0.15) is 4.88 Å². The van der Waals surface area contributed by atoms with Crippen LogP contribution in [0.3, 0.4) is 0 Å². The van der Waals surface area contributed by atoms with Crippen LogP contribution in [0.25, 0.3) is 0 Å². The molecule has 3 N–H and O–H groups in total. The van der Waals surface area contributed by atoms with Crippen molar-refractivity contribution < 1.29 is 8.42 Å². The number of aromatic nitrogens is 3. The Morgan fingerprint density at radius 2 is 1.85 bits per heavy atom. The minimum Gasteiger partial charge on any atom is -0.369 e. The zero-order chi connectivity index (χ0) is 18.4. The van der Waals surface area contributed by atoms with Crippen molar-refractivity contribution in [3.63, 3.8) is 0 Å². The molecule has 0 saturated heterocycles. The van der Waals surface area contributed by atoms with E-state index in [0.717, 1.165) is 4.88 Å². The van der Waals surface area contributed by atoms with Gasteiger partial charge < -0.3 is 10.6 Å². The molecule has 8 nitrogen and oxygen atoms in total. The molecule has 3 aromatic rings. The summed E-state index contributed by atoms with van der Waals surface area (Å²) in [5.41, 5.74) is 0. The highest BCUT2D eigenvalue weighted by molar-refractivity contribution is 7.91. The molecule has 0 amide bonds. The summed E-state index contributed by atoms with van der Waals surface area (Å²) in [7, 11) is -3.47. The number of sulfonamides is 1. The van der Waals surface area contributed by atoms with Crippen LogP contribution in [0.2, 0.25) is 0 Å². The quantitative estimate of drug-likeness (QED) is 0.507. The van der Waals surface area contributed by atoms with E-state index in [4.69, 9.17) is 0 Å². The number of rotatable bonds is 8. The van der Waals surface area contributed by atoms with Crippen LogP contribution in [0.15, 0.2) is 53.1 Å². The number of nitrogens with zero attached hydrogens (tertiary/aromatic N) is 3. The number of pyridine rings is 1. The summed E-state index contributed by atoms with van der Waals surface area (Å²) in [4.78, 5) is 13.4. The van der Waals surface area contributed by atoms with Gasteiger partial charge >= 0.3 is 0 Å². The first kappa shape index (κ1) is 18.2. The third kappa shape index (κ3) is 4.97. The van der Waals surface area contributed by atoms with E-state index in [1.807, 2.05) is 25.1 Å². The van der Waals surface area contributed by atoms with Crippen LogP contribution in [-0.2, 0) is 10.0 Å². The molecule has 0 radical (unpaired) electrons. The SMILES string of the molecule is Cc1ccc(S(=O)(=O)NCCNc2cc(Nc3ccccn3)ncn2)s1. The molecule has 0 fully saturated rings. The standard InChI is InChI=1S/C16H18N6O2S2/c1-12-5-6-16(25-12)26(23,24)21-9-8-18-14-10-15(20-11-19-14)22-13-4-2-3-7-17-13/h2-7,10-11,21H,8-9H2,1H3,(H2,17,18,19,20,22). The molecule has 0 aliphatic heterocycles. The Bertz CT molecular complexity index is 960. The second kappa shape index (κ2) is 8.21. The fourth-order valence-corrected chi connectivity index (χ4v) is 4.45. The van der Waals surface area contributed by atoms with Crippen molar-refractivity contribution in [1.82, 2.24) is 19.7 Å². The van der Waals surface area contributed by atoms with Gasteiger partial charge in [-0.3, -0.25) is 0 Å². The van der Waals surface area contributed by atoms with Gasteiger partial charge in [-0.2, -0.15) is 0 Å². The van der Waals surface area contributed by atoms with Gasteiger partial charge in [0.2, 0.25) is 10.0 Å². The van der Waals surface area contributed by atoms with Crippen molar-refractivity contribution in [2.75, 3.05) is 23.7 Å². The van der Waals surface area contributed by atoms with Crippen LogP contribution < -0.4 is 15.4 Å². The minimum atomic E-state index is -3.47. The topological polar surface area (TPSA) is 109 Å². The van der Waals surface area contributed by atoms with Crippen molar-refractivity contribution in [3.8, 4) is 0 Å². The Balaban J connectivity index is 1.51. The molecule has 0 aliphatic rings. The van der Waals surface area contributed by atoms with Gasteiger partial charge in [0, 0.05) is 30.2 Å². The predicted molar refractivity (Wildman–Crippen MR) is 102 cm³/mol. The predicted octanol–water partition coefficient (Wildman–Crippen LogP) is 2.38. The second-order valence-electron chi connectivity index (χ2n) is 5.32. The summed E-state index contributed by atoms with van der Waals surface area (Å²) in [5, 5.41) is 6.14. The molecule has 0 atom stereocenters. The first-order valence-corrected chi connectivity index (χ1v) is 10.1. The molecule has 0 saturated carbocycles. The van der Waals surface area contributed by atoms with E-state index in [-0.39, 0.29) is 6.54 Å². The molecule has 3 aromatic heterocycles. The smallest absolute Gasteiger partial charge is 0.250 e. The number of hydrogen-bond acceptors (Lipinski definition) is 8. The van der Waals surface area contributed by atoms with E-state index in [9.17, 15) is 8.42 Å². The Hall–Kier alpha value is -2.56. The fraction of sp³-hybridized carbons (Fsp3) is 0.188. The lowest BCUT2D eigenvalue weighted by atomic mass is 10.4. The molecule has 0 spiro atoms. The molecular formula is C16H18N6O2S2. The van der Waals surface area contributed by atoms with Crippen molar-refractivity contribution in [2.24, 2.45) is 0 Å². The van der Waals surface area contributed by atoms with Crippen molar-refractivity contribution in [1.29, 1.82) is 0 Å². The summed E-state index contributed by atoms with van der Waals surface area (Å²) < 4.78 is 27.2. The van der Waals surface area contributed by atoms with Crippen molar-refractivity contribution >= 4 is 38.8 Å². The fourth-order valence-electron chi connectivity index (χ4n) is 2.09. The van der Waals surface area contributed by atoms with Gasteiger partial charge in [-0.1, -0.05) is 6.07 Å². The van der Waals surface area contributed by atoms with Gasteiger partial charge in [0.15, 0.2) is 0 Å². The molecule has 0 aliphatic carbocycles. The lowest BCUT2D eigenvalue weighted by Crippen LogP contribution is -2.28. The Morgan fingerprint density at radius 1 is 1.00 bits per heavy atom. The lowest BCUT2D eigenvalue weighted by Gasteiger charge is -2.09. The Kier molecular flexibility index (Phi) is 5.76. The molecule has 10 heteroatoms. The highest BCUT2D eigenvalue weighted by atomic mass is 32.2. The molecule has 3 heterocycles. The van der Waals surface area contributed by atoms with Gasteiger partial charge in [-0.15, -0.1) is 11.3 Å². The molecule has 0 aromatic carbocycles. The van der Waals surface area contributed by atoms with Crippen molar-refractivity contribution in [3.05, 3.63) is 53.8 Å². The molecule has 26 heavy (non-hydrogen) atoms.